The molecule has 1 atom stereocenters. The fraction of sp³-hybridized carbons (Fsp3) is 0.333. The lowest BCUT2D eigenvalue weighted by molar-refractivity contribution is 0.690. The summed E-state index contributed by atoms with van der Waals surface area (Å²) in [4.78, 5) is 3.52. The van der Waals surface area contributed by atoms with Gasteiger partial charge in [0.05, 0.1) is 9.83 Å². The third kappa shape index (κ3) is 3.27. The number of halogens is 2. The van der Waals surface area contributed by atoms with Gasteiger partial charge in [0.2, 0.25) is 0 Å². The molecule has 0 amide bonds. The van der Waals surface area contributed by atoms with Gasteiger partial charge in [0.25, 0.3) is 0 Å². The normalized spacial score (nSPS) is 12.5. The number of nitrogens with zero attached hydrogens (tertiary/aromatic N) is 1. The molecule has 0 radical (unpaired) electrons. The predicted molar refractivity (Wildman–Crippen MR) is 95.8 cm³/mol. The number of rotatable bonds is 4. The van der Waals surface area contributed by atoms with Gasteiger partial charge in [-0.15, -0.1) is 11.3 Å². The van der Waals surface area contributed by atoms with E-state index in [0.29, 0.717) is 6.54 Å². The quantitative estimate of drug-likeness (QED) is 0.755. The van der Waals surface area contributed by atoms with Gasteiger partial charge in [-0.25, -0.2) is 0 Å². The molecule has 1 aromatic heterocycles. The highest BCUT2D eigenvalue weighted by Crippen LogP contribution is 2.38. The number of aryl methyl sites for hydroxylation is 2. The van der Waals surface area contributed by atoms with Gasteiger partial charge >= 0.3 is 0 Å². The fourth-order valence-electron chi connectivity index (χ4n) is 2.36. The van der Waals surface area contributed by atoms with Gasteiger partial charge < -0.3 is 10.6 Å². The van der Waals surface area contributed by atoms with Gasteiger partial charge in [-0.3, -0.25) is 0 Å². The molecule has 0 aliphatic heterocycles. The van der Waals surface area contributed by atoms with E-state index in [0.717, 1.165) is 8.26 Å². The Bertz CT molecular complexity index is 590. The topological polar surface area (TPSA) is 29.3 Å². The second-order valence-electron chi connectivity index (χ2n) is 4.92. The SMILES string of the molecule is Cc1ccc(N(C)C(CN)c2cc(Br)c(Br)s2)c(C)c1. The second kappa shape index (κ2) is 6.60. The van der Waals surface area contributed by atoms with E-state index in [9.17, 15) is 0 Å². The van der Waals surface area contributed by atoms with E-state index in [-0.39, 0.29) is 6.04 Å². The summed E-state index contributed by atoms with van der Waals surface area (Å²) in [5.41, 5.74) is 9.81. The molecule has 2 rings (SSSR count). The zero-order chi connectivity index (χ0) is 14.9. The van der Waals surface area contributed by atoms with Crippen LogP contribution in [0, 0.1) is 13.8 Å². The minimum Gasteiger partial charge on any atom is -0.365 e. The minimum absolute atomic E-state index is 0.184. The summed E-state index contributed by atoms with van der Waals surface area (Å²) in [6.45, 7) is 4.85. The number of anilines is 1. The summed E-state index contributed by atoms with van der Waals surface area (Å²) in [5, 5.41) is 0. The Kier molecular flexibility index (Phi) is 5.29. The molecule has 0 saturated carbocycles. The molecule has 5 heteroatoms. The maximum absolute atomic E-state index is 6.02. The van der Waals surface area contributed by atoms with Crippen molar-refractivity contribution in [1.29, 1.82) is 0 Å². The first-order valence-corrected chi connectivity index (χ1v) is 8.79. The van der Waals surface area contributed by atoms with Crippen molar-refractivity contribution in [3.05, 3.63) is 48.5 Å². The zero-order valence-corrected chi connectivity index (χ0v) is 15.8. The number of benzene rings is 1. The van der Waals surface area contributed by atoms with Gasteiger partial charge in [-0.1, -0.05) is 17.7 Å². The Labute approximate surface area is 141 Å². The summed E-state index contributed by atoms with van der Waals surface area (Å²) >= 11 is 8.83. The van der Waals surface area contributed by atoms with Crippen molar-refractivity contribution in [1.82, 2.24) is 0 Å². The van der Waals surface area contributed by atoms with E-state index in [1.165, 1.54) is 21.7 Å². The van der Waals surface area contributed by atoms with Crippen molar-refractivity contribution in [2.45, 2.75) is 19.9 Å². The van der Waals surface area contributed by atoms with Crippen LogP contribution in [0.3, 0.4) is 0 Å². The Morgan fingerprint density at radius 1 is 1.25 bits per heavy atom. The largest absolute Gasteiger partial charge is 0.365 e. The molecular weight excluding hydrogens is 400 g/mol. The summed E-state index contributed by atoms with van der Waals surface area (Å²) in [6, 6.07) is 8.85. The van der Waals surface area contributed by atoms with Crippen LogP contribution >= 0.6 is 43.2 Å². The van der Waals surface area contributed by atoms with Crippen molar-refractivity contribution in [3.63, 3.8) is 0 Å². The van der Waals surface area contributed by atoms with Crippen molar-refractivity contribution in [2.24, 2.45) is 5.73 Å². The van der Waals surface area contributed by atoms with Crippen molar-refractivity contribution in [2.75, 3.05) is 18.5 Å². The first kappa shape index (κ1) is 16.0. The number of hydrogen-bond acceptors (Lipinski definition) is 3. The van der Waals surface area contributed by atoms with Gasteiger partial charge in [0.1, 0.15) is 0 Å². The molecule has 2 aromatic rings. The third-order valence-electron chi connectivity index (χ3n) is 3.42. The average molecular weight is 418 g/mol. The van der Waals surface area contributed by atoms with Crippen LogP contribution < -0.4 is 10.6 Å². The maximum Gasteiger partial charge on any atom is 0.0844 e. The highest BCUT2D eigenvalue weighted by Gasteiger charge is 2.20. The van der Waals surface area contributed by atoms with Crippen LogP contribution in [-0.4, -0.2) is 13.6 Å². The van der Waals surface area contributed by atoms with E-state index >= 15 is 0 Å². The number of thiophene rings is 1. The molecule has 0 saturated heterocycles. The average Bonchev–Trinajstić information content (AvgIpc) is 2.70. The first-order valence-electron chi connectivity index (χ1n) is 6.39. The Morgan fingerprint density at radius 3 is 2.45 bits per heavy atom. The molecule has 0 fully saturated rings. The molecule has 1 heterocycles. The van der Waals surface area contributed by atoms with E-state index in [2.05, 4.69) is 81.9 Å². The molecule has 108 valence electrons. The molecule has 2 nitrogen and oxygen atoms in total. The van der Waals surface area contributed by atoms with Crippen LogP contribution in [0.4, 0.5) is 5.69 Å². The highest BCUT2D eigenvalue weighted by atomic mass is 79.9. The van der Waals surface area contributed by atoms with Crippen LogP contribution in [-0.2, 0) is 0 Å². The fourth-order valence-corrected chi connectivity index (χ4v) is 4.61. The molecule has 0 bridgehead atoms. The zero-order valence-electron chi connectivity index (χ0n) is 11.8. The lowest BCUT2D eigenvalue weighted by Gasteiger charge is -2.30. The van der Waals surface area contributed by atoms with E-state index < -0.39 is 0 Å². The number of hydrogen-bond donors (Lipinski definition) is 1. The number of nitrogens with two attached hydrogens (primary N) is 1. The molecule has 0 aliphatic rings. The molecule has 20 heavy (non-hydrogen) atoms. The number of likely N-dealkylation sites (N-methyl/N-ethyl adjacent to an activating group) is 1. The van der Waals surface area contributed by atoms with Crippen molar-refractivity contribution in [3.8, 4) is 0 Å². The lowest BCUT2D eigenvalue weighted by atomic mass is 10.1. The third-order valence-corrected chi connectivity index (χ3v) is 6.77. The summed E-state index contributed by atoms with van der Waals surface area (Å²) in [7, 11) is 2.11. The Morgan fingerprint density at radius 2 is 1.95 bits per heavy atom. The van der Waals surface area contributed by atoms with E-state index in [1.54, 1.807) is 11.3 Å². The Hall–Kier alpha value is -0.360. The van der Waals surface area contributed by atoms with E-state index in [1.807, 2.05) is 0 Å². The highest BCUT2D eigenvalue weighted by molar-refractivity contribution is 9.13. The van der Waals surface area contributed by atoms with Gasteiger partial charge in [0.15, 0.2) is 0 Å². The summed E-state index contributed by atoms with van der Waals surface area (Å²) in [5.74, 6) is 0. The smallest absolute Gasteiger partial charge is 0.0844 e. The lowest BCUT2D eigenvalue weighted by Crippen LogP contribution is -2.30. The Balaban J connectivity index is 2.35. The summed E-state index contributed by atoms with van der Waals surface area (Å²) < 4.78 is 2.20. The molecule has 1 unspecified atom stereocenters. The van der Waals surface area contributed by atoms with Gasteiger partial charge in [-0.2, -0.15) is 0 Å². The van der Waals surface area contributed by atoms with Crippen LogP contribution in [0.1, 0.15) is 22.0 Å². The summed E-state index contributed by atoms with van der Waals surface area (Å²) in [6.07, 6.45) is 0. The van der Waals surface area contributed by atoms with Gasteiger partial charge in [0, 0.05) is 28.6 Å². The standard InChI is InChI=1S/C15H18Br2N2S/c1-9-4-5-12(10(2)6-9)19(3)13(8-18)14-7-11(16)15(17)20-14/h4-7,13H,8,18H2,1-3H3. The van der Waals surface area contributed by atoms with Crippen LogP contribution in [0.2, 0.25) is 0 Å². The monoisotopic (exact) mass is 416 g/mol. The van der Waals surface area contributed by atoms with Gasteiger partial charge in [-0.05, 0) is 63.4 Å². The van der Waals surface area contributed by atoms with E-state index in [4.69, 9.17) is 5.73 Å². The molecule has 0 aliphatic carbocycles. The van der Waals surface area contributed by atoms with Crippen LogP contribution in [0.5, 0.6) is 0 Å². The van der Waals surface area contributed by atoms with Crippen LogP contribution in [0.15, 0.2) is 32.5 Å². The molecule has 1 aromatic carbocycles. The molecule has 2 N–H and O–H groups in total. The van der Waals surface area contributed by atoms with Crippen molar-refractivity contribution >= 4 is 48.9 Å². The molecule has 0 spiro atoms. The van der Waals surface area contributed by atoms with Crippen molar-refractivity contribution < 1.29 is 0 Å². The second-order valence-corrected chi connectivity index (χ2v) is 8.18. The first-order chi connectivity index (χ1) is 9.43. The molecular formula is C15H18Br2N2S. The maximum atomic E-state index is 6.02. The predicted octanol–water partition coefficient (Wildman–Crippen LogP) is 5.03. The minimum atomic E-state index is 0.184. The van der Waals surface area contributed by atoms with Crippen LogP contribution in [0.25, 0.3) is 0 Å².